The molecule has 0 bridgehead atoms. The second-order valence-electron chi connectivity index (χ2n) is 7.00. The van der Waals surface area contributed by atoms with Crippen molar-refractivity contribution in [1.82, 2.24) is 10.3 Å². The van der Waals surface area contributed by atoms with Gasteiger partial charge in [-0.15, -0.1) is 0 Å². The number of ether oxygens (including phenoxy) is 1. The Bertz CT molecular complexity index is 1100. The van der Waals surface area contributed by atoms with E-state index in [9.17, 15) is 14.0 Å². The van der Waals surface area contributed by atoms with Crippen LogP contribution in [0.1, 0.15) is 50.4 Å². The first kappa shape index (κ1) is 21.0. The second kappa shape index (κ2) is 8.73. The Kier molecular flexibility index (Phi) is 6.11. The van der Waals surface area contributed by atoms with E-state index in [0.717, 1.165) is 11.1 Å². The zero-order valence-corrected chi connectivity index (χ0v) is 16.8. The normalized spacial score (nSPS) is 11.6. The second-order valence-corrected chi connectivity index (χ2v) is 7.00. The Morgan fingerprint density at radius 2 is 1.80 bits per heavy atom. The summed E-state index contributed by atoms with van der Waals surface area (Å²) < 4.78 is 19.1. The molecule has 0 aliphatic carbocycles. The molecule has 0 unspecified atom stereocenters. The number of rotatable bonds is 6. The number of carboxylic acid groups (broad SMARTS) is 1. The smallest absolute Gasteiger partial charge is 0.335 e. The molecule has 7 heteroatoms. The minimum atomic E-state index is -1.01. The molecule has 2 N–H and O–H groups in total. The number of aromatic carboxylic acids is 1. The zero-order chi connectivity index (χ0) is 21.8. The highest BCUT2D eigenvalue weighted by molar-refractivity contribution is 5.97. The summed E-state index contributed by atoms with van der Waals surface area (Å²) in [6, 6.07) is 11.7. The van der Waals surface area contributed by atoms with Gasteiger partial charge in [0.05, 0.1) is 11.6 Å². The number of halogens is 1. The van der Waals surface area contributed by atoms with Crippen LogP contribution in [-0.4, -0.2) is 22.0 Å². The molecule has 1 atom stereocenters. The largest absolute Gasteiger partial charge is 0.478 e. The van der Waals surface area contributed by atoms with Gasteiger partial charge in [0, 0.05) is 6.20 Å². The number of carbonyl (C=O) groups is 2. The van der Waals surface area contributed by atoms with Crippen LogP contribution in [0.2, 0.25) is 0 Å². The maximum absolute atomic E-state index is 13.4. The molecule has 0 spiro atoms. The molecule has 1 heterocycles. The van der Waals surface area contributed by atoms with Gasteiger partial charge in [-0.2, -0.15) is 0 Å². The average molecular weight is 408 g/mol. The molecule has 3 rings (SSSR count). The molecular weight excluding hydrogens is 387 g/mol. The minimum absolute atomic E-state index is 0.112. The lowest BCUT2D eigenvalue weighted by Crippen LogP contribution is -2.27. The molecule has 154 valence electrons. The molecule has 2 aromatic carbocycles. The number of amides is 1. The van der Waals surface area contributed by atoms with Crippen molar-refractivity contribution in [2.75, 3.05) is 0 Å². The number of pyridine rings is 1. The van der Waals surface area contributed by atoms with Crippen LogP contribution in [0, 0.1) is 19.7 Å². The summed E-state index contributed by atoms with van der Waals surface area (Å²) in [6.07, 6.45) is 1.58. The molecule has 0 saturated heterocycles. The summed E-state index contributed by atoms with van der Waals surface area (Å²) in [5.41, 5.74) is 2.53. The van der Waals surface area contributed by atoms with Crippen molar-refractivity contribution >= 4 is 11.9 Å². The molecular formula is C23H21FN2O4. The van der Waals surface area contributed by atoms with Crippen LogP contribution in [0.25, 0.3) is 0 Å². The number of carboxylic acids is 1. The standard InChI is InChI=1S/C23H21FN2O4/c1-13-10-19(22(25-12-13)30-20-9-8-18(24)11-14(20)2)21(27)26-15(3)16-4-6-17(7-5-16)23(28)29/h4-12,15H,1-3H3,(H,26,27)(H,28,29)/t15-/m0/s1. The molecule has 0 aliphatic rings. The van der Waals surface area contributed by atoms with Gasteiger partial charge < -0.3 is 15.2 Å². The number of carbonyl (C=O) groups excluding carboxylic acids is 1. The van der Waals surface area contributed by atoms with Crippen molar-refractivity contribution in [2.24, 2.45) is 0 Å². The first-order valence-electron chi connectivity index (χ1n) is 9.29. The highest BCUT2D eigenvalue weighted by Crippen LogP contribution is 2.27. The van der Waals surface area contributed by atoms with Crippen molar-refractivity contribution in [3.05, 3.63) is 88.4 Å². The van der Waals surface area contributed by atoms with Crippen LogP contribution in [0.4, 0.5) is 4.39 Å². The fourth-order valence-electron chi connectivity index (χ4n) is 2.90. The van der Waals surface area contributed by atoms with Crippen molar-refractivity contribution in [3.63, 3.8) is 0 Å². The van der Waals surface area contributed by atoms with Crippen LogP contribution in [-0.2, 0) is 0 Å². The molecule has 1 amide bonds. The SMILES string of the molecule is Cc1cnc(Oc2ccc(F)cc2C)c(C(=O)N[C@@H](C)c2ccc(C(=O)O)cc2)c1. The number of hydrogen-bond donors (Lipinski definition) is 2. The molecule has 1 aromatic heterocycles. The topological polar surface area (TPSA) is 88.5 Å². The van der Waals surface area contributed by atoms with Crippen molar-refractivity contribution in [2.45, 2.75) is 26.8 Å². The fraction of sp³-hybridized carbons (Fsp3) is 0.174. The Morgan fingerprint density at radius 1 is 1.10 bits per heavy atom. The molecule has 6 nitrogen and oxygen atoms in total. The van der Waals surface area contributed by atoms with Gasteiger partial charge in [0.2, 0.25) is 5.88 Å². The van der Waals surface area contributed by atoms with Crippen LogP contribution in [0.3, 0.4) is 0 Å². The Labute approximate surface area is 173 Å². The van der Waals surface area contributed by atoms with Crippen molar-refractivity contribution in [3.8, 4) is 11.6 Å². The van der Waals surface area contributed by atoms with Gasteiger partial charge >= 0.3 is 5.97 Å². The van der Waals surface area contributed by atoms with Crippen LogP contribution < -0.4 is 10.1 Å². The number of nitrogens with zero attached hydrogens (tertiary/aromatic N) is 1. The number of nitrogens with one attached hydrogen (secondary N) is 1. The van der Waals surface area contributed by atoms with E-state index in [2.05, 4.69) is 10.3 Å². The lowest BCUT2D eigenvalue weighted by atomic mass is 10.1. The summed E-state index contributed by atoms with van der Waals surface area (Å²) in [6.45, 7) is 5.31. The van der Waals surface area contributed by atoms with Gasteiger partial charge in [0.15, 0.2) is 0 Å². The summed E-state index contributed by atoms with van der Waals surface area (Å²) in [4.78, 5) is 28.1. The number of hydrogen-bond acceptors (Lipinski definition) is 4. The van der Waals surface area contributed by atoms with Gasteiger partial charge in [0.1, 0.15) is 17.1 Å². The van der Waals surface area contributed by atoms with Gasteiger partial charge in [0.25, 0.3) is 5.91 Å². The van der Waals surface area contributed by atoms with Crippen LogP contribution >= 0.6 is 0 Å². The summed E-state index contributed by atoms with van der Waals surface area (Å²) in [5.74, 6) is -1.27. The van der Waals surface area contributed by atoms with E-state index in [1.807, 2.05) is 6.92 Å². The summed E-state index contributed by atoms with van der Waals surface area (Å²) in [5, 5.41) is 11.9. The Hall–Kier alpha value is -3.74. The van der Waals surface area contributed by atoms with Gasteiger partial charge in [-0.3, -0.25) is 4.79 Å². The first-order chi connectivity index (χ1) is 14.2. The van der Waals surface area contributed by atoms with Gasteiger partial charge in [-0.1, -0.05) is 12.1 Å². The highest BCUT2D eigenvalue weighted by Gasteiger charge is 2.19. The highest BCUT2D eigenvalue weighted by atomic mass is 19.1. The summed E-state index contributed by atoms with van der Waals surface area (Å²) in [7, 11) is 0. The number of aromatic nitrogens is 1. The third-order valence-electron chi connectivity index (χ3n) is 4.58. The quantitative estimate of drug-likeness (QED) is 0.611. The van der Waals surface area contributed by atoms with Gasteiger partial charge in [-0.25, -0.2) is 14.2 Å². The van der Waals surface area contributed by atoms with E-state index in [1.54, 1.807) is 38.2 Å². The summed E-state index contributed by atoms with van der Waals surface area (Å²) >= 11 is 0. The molecule has 0 radical (unpaired) electrons. The minimum Gasteiger partial charge on any atom is -0.478 e. The third-order valence-corrected chi connectivity index (χ3v) is 4.58. The van der Waals surface area contributed by atoms with E-state index in [1.165, 1.54) is 30.3 Å². The van der Waals surface area contributed by atoms with E-state index >= 15 is 0 Å². The third kappa shape index (κ3) is 4.81. The average Bonchev–Trinajstić information content (AvgIpc) is 2.71. The molecule has 30 heavy (non-hydrogen) atoms. The number of benzene rings is 2. The van der Waals surface area contributed by atoms with E-state index in [-0.39, 0.29) is 28.9 Å². The van der Waals surface area contributed by atoms with E-state index in [0.29, 0.717) is 11.3 Å². The maximum atomic E-state index is 13.4. The molecule has 0 fully saturated rings. The van der Waals surface area contributed by atoms with E-state index < -0.39 is 11.9 Å². The molecule has 0 aliphatic heterocycles. The lowest BCUT2D eigenvalue weighted by molar-refractivity contribution is 0.0696. The molecule has 0 saturated carbocycles. The lowest BCUT2D eigenvalue weighted by Gasteiger charge is -2.17. The van der Waals surface area contributed by atoms with E-state index in [4.69, 9.17) is 9.84 Å². The van der Waals surface area contributed by atoms with Gasteiger partial charge in [-0.05, 0) is 73.9 Å². The van der Waals surface area contributed by atoms with Crippen LogP contribution in [0.5, 0.6) is 11.6 Å². The van der Waals surface area contributed by atoms with Crippen LogP contribution in [0.15, 0.2) is 54.7 Å². The fourth-order valence-corrected chi connectivity index (χ4v) is 2.90. The van der Waals surface area contributed by atoms with Crippen molar-refractivity contribution in [1.29, 1.82) is 0 Å². The monoisotopic (exact) mass is 408 g/mol. The predicted molar refractivity (Wildman–Crippen MR) is 109 cm³/mol. The predicted octanol–water partition coefficient (Wildman–Crippen LogP) is 4.82. The van der Waals surface area contributed by atoms with Crippen molar-refractivity contribution < 1.29 is 23.8 Å². The number of aryl methyl sites for hydroxylation is 2. The molecule has 3 aromatic rings. The maximum Gasteiger partial charge on any atom is 0.335 e. The zero-order valence-electron chi connectivity index (χ0n) is 16.8. The Balaban J connectivity index is 1.82. The first-order valence-corrected chi connectivity index (χ1v) is 9.29. The Morgan fingerprint density at radius 3 is 2.43 bits per heavy atom.